The fourth-order valence-electron chi connectivity index (χ4n) is 1.95. The lowest BCUT2D eigenvalue weighted by Crippen LogP contribution is -2.62. The third kappa shape index (κ3) is 2.08. The minimum absolute atomic E-state index is 0.00578. The Morgan fingerprint density at radius 2 is 2.24 bits per heavy atom. The Bertz CT molecular complexity index is 455. The summed E-state index contributed by atoms with van der Waals surface area (Å²) < 4.78 is 0. The van der Waals surface area contributed by atoms with Gasteiger partial charge < -0.3 is 10.0 Å². The van der Waals surface area contributed by atoms with Crippen LogP contribution in [-0.4, -0.2) is 33.7 Å². The summed E-state index contributed by atoms with van der Waals surface area (Å²) in [5.41, 5.74) is 0.00513. The zero-order valence-electron chi connectivity index (χ0n) is 9.88. The molecule has 0 amide bonds. The number of aromatic nitrogens is 1. The summed E-state index contributed by atoms with van der Waals surface area (Å²) in [7, 11) is 0. The average molecular weight is 237 g/mol. The van der Waals surface area contributed by atoms with Gasteiger partial charge in [0.2, 0.25) is 5.82 Å². The standard InChI is InChI=1S/C11H15N3O3/c1-3-11(15)6-13(7-11)10-9(14(16)17)5-4-8(2)12-10/h4-5,15H,3,6-7H2,1-2H3. The summed E-state index contributed by atoms with van der Waals surface area (Å²) >= 11 is 0. The molecule has 0 spiro atoms. The van der Waals surface area contributed by atoms with Gasteiger partial charge in [-0.15, -0.1) is 0 Å². The molecule has 92 valence electrons. The molecule has 17 heavy (non-hydrogen) atoms. The van der Waals surface area contributed by atoms with Gasteiger partial charge >= 0.3 is 5.69 Å². The van der Waals surface area contributed by atoms with Crippen LogP contribution in [0.2, 0.25) is 0 Å². The van der Waals surface area contributed by atoms with E-state index >= 15 is 0 Å². The number of hydrogen-bond donors (Lipinski definition) is 1. The summed E-state index contributed by atoms with van der Waals surface area (Å²) in [5, 5.41) is 20.8. The molecule has 6 heteroatoms. The number of aryl methyl sites for hydroxylation is 1. The van der Waals surface area contributed by atoms with Crippen LogP contribution in [0.3, 0.4) is 0 Å². The number of nitro groups is 1. The SMILES string of the molecule is CCC1(O)CN(c2nc(C)ccc2[N+](=O)[O-])C1. The van der Waals surface area contributed by atoms with Crippen molar-refractivity contribution in [3.8, 4) is 0 Å². The predicted octanol–water partition coefficient (Wildman–Crippen LogP) is 1.26. The van der Waals surface area contributed by atoms with Gasteiger partial charge in [0, 0.05) is 11.8 Å². The molecule has 1 fully saturated rings. The summed E-state index contributed by atoms with van der Waals surface area (Å²) in [6.07, 6.45) is 0.642. The molecule has 6 nitrogen and oxygen atoms in total. The quantitative estimate of drug-likeness (QED) is 0.632. The van der Waals surface area contributed by atoms with Crippen molar-refractivity contribution >= 4 is 11.5 Å². The molecule has 1 N–H and O–H groups in total. The number of rotatable bonds is 3. The second kappa shape index (κ2) is 3.96. The van der Waals surface area contributed by atoms with Gasteiger partial charge in [-0.05, 0) is 19.4 Å². The Labute approximate surface area is 99.0 Å². The lowest BCUT2D eigenvalue weighted by Gasteiger charge is -2.46. The molecule has 0 bridgehead atoms. The van der Waals surface area contributed by atoms with Crippen LogP contribution in [0, 0.1) is 17.0 Å². The molecule has 1 saturated heterocycles. The van der Waals surface area contributed by atoms with Crippen LogP contribution >= 0.6 is 0 Å². The highest BCUT2D eigenvalue weighted by Crippen LogP contribution is 2.34. The van der Waals surface area contributed by atoms with Crippen LogP contribution < -0.4 is 4.90 Å². The van der Waals surface area contributed by atoms with Crippen LogP contribution in [0.5, 0.6) is 0 Å². The van der Waals surface area contributed by atoms with Crippen molar-refractivity contribution in [3.63, 3.8) is 0 Å². The van der Waals surface area contributed by atoms with Crippen molar-refractivity contribution < 1.29 is 10.0 Å². The Morgan fingerprint density at radius 3 is 2.76 bits per heavy atom. The number of nitrogens with zero attached hydrogens (tertiary/aromatic N) is 3. The smallest absolute Gasteiger partial charge is 0.311 e. The number of aliphatic hydroxyl groups is 1. The second-order valence-corrected chi connectivity index (χ2v) is 4.49. The van der Waals surface area contributed by atoms with E-state index in [0.717, 1.165) is 5.69 Å². The van der Waals surface area contributed by atoms with Crippen LogP contribution in [0.4, 0.5) is 11.5 Å². The highest BCUT2D eigenvalue weighted by molar-refractivity contribution is 5.60. The molecule has 1 aliphatic heterocycles. The van der Waals surface area contributed by atoms with Crippen molar-refractivity contribution in [2.24, 2.45) is 0 Å². The van der Waals surface area contributed by atoms with E-state index in [2.05, 4.69) is 4.98 Å². The van der Waals surface area contributed by atoms with Crippen molar-refractivity contribution in [3.05, 3.63) is 27.9 Å². The summed E-state index contributed by atoms with van der Waals surface area (Å²) in [4.78, 5) is 16.4. The minimum atomic E-state index is -0.723. The Hall–Kier alpha value is -1.69. The first kappa shape index (κ1) is 11.8. The van der Waals surface area contributed by atoms with Gasteiger partial charge in [0.25, 0.3) is 0 Å². The summed E-state index contributed by atoms with van der Waals surface area (Å²) in [6, 6.07) is 3.08. The van der Waals surface area contributed by atoms with E-state index in [-0.39, 0.29) is 5.69 Å². The van der Waals surface area contributed by atoms with Gasteiger partial charge in [-0.1, -0.05) is 6.92 Å². The van der Waals surface area contributed by atoms with Crippen LogP contribution in [0.15, 0.2) is 12.1 Å². The van der Waals surface area contributed by atoms with Gasteiger partial charge in [-0.3, -0.25) is 10.1 Å². The molecule has 0 atom stereocenters. The molecule has 1 aromatic heterocycles. The Morgan fingerprint density at radius 1 is 1.59 bits per heavy atom. The van der Waals surface area contributed by atoms with E-state index in [1.165, 1.54) is 6.07 Å². The third-order valence-corrected chi connectivity index (χ3v) is 3.12. The lowest BCUT2D eigenvalue weighted by atomic mass is 9.91. The van der Waals surface area contributed by atoms with Crippen LogP contribution in [0.1, 0.15) is 19.0 Å². The molecule has 1 aromatic rings. The second-order valence-electron chi connectivity index (χ2n) is 4.49. The van der Waals surface area contributed by atoms with E-state index < -0.39 is 10.5 Å². The largest absolute Gasteiger partial charge is 0.386 e. The van der Waals surface area contributed by atoms with E-state index in [9.17, 15) is 15.2 Å². The first-order valence-electron chi connectivity index (χ1n) is 5.54. The summed E-state index contributed by atoms with van der Waals surface area (Å²) in [6.45, 7) is 4.50. The van der Waals surface area contributed by atoms with Gasteiger partial charge in [0.15, 0.2) is 0 Å². The number of β-amino-alcohol motifs (C(OH)–C–C–N with tert-alkyl or cyclic N) is 1. The van der Waals surface area contributed by atoms with Gasteiger partial charge in [-0.2, -0.15) is 0 Å². The van der Waals surface area contributed by atoms with Crippen molar-refractivity contribution in [1.82, 2.24) is 4.98 Å². The average Bonchev–Trinajstić information content (AvgIpc) is 2.24. The molecule has 1 aliphatic rings. The third-order valence-electron chi connectivity index (χ3n) is 3.12. The van der Waals surface area contributed by atoms with Crippen LogP contribution in [0.25, 0.3) is 0 Å². The Balaban J connectivity index is 2.27. The maximum atomic E-state index is 10.9. The molecule has 2 rings (SSSR count). The molecular formula is C11H15N3O3. The fourth-order valence-corrected chi connectivity index (χ4v) is 1.95. The fraction of sp³-hybridized carbons (Fsp3) is 0.545. The van der Waals surface area contributed by atoms with Gasteiger partial charge in [0.1, 0.15) is 0 Å². The number of hydrogen-bond acceptors (Lipinski definition) is 5. The number of pyridine rings is 1. The van der Waals surface area contributed by atoms with Gasteiger partial charge in [0.05, 0.1) is 23.6 Å². The topological polar surface area (TPSA) is 79.5 Å². The van der Waals surface area contributed by atoms with Crippen molar-refractivity contribution in [1.29, 1.82) is 0 Å². The molecule has 0 radical (unpaired) electrons. The minimum Gasteiger partial charge on any atom is -0.386 e. The zero-order valence-corrected chi connectivity index (χ0v) is 9.88. The van der Waals surface area contributed by atoms with Crippen LogP contribution in [-0.2, 0) is 0 Å². The first-order valence-corrected chi connectivity index (χ1v) is 5.54. The van der Waals surface area contributed by atoms with Crippen molar-refractivity contribution in [2.75, 3.05) is 18.0 Å². The molecule has 0 saturated carbocycles. The Kier molecular flexibility index (Phi) is 2.74. The molecule has 0 aliphatic carbocycles. The van der Waals surface area contributed by atoms with E-state index in [1.807, 2.05) is 6.92 Å². The van der Waals surface area contributed by atoms with E-state index in [0.29, 0.717) is 25.3 Å². The molecular weight excluding hydrogens is 222 g/mol. The maximum absolute atomic E-state index is 10.9. The highest BCUT2D eigenvalue weighted by atomic mass is 16.6. The zero-order chi connectivity index (χ0) is 12.6. The van der Waals surface area contributed by atoms with Gasteiger partial charge in [-0.25, -0.2) is 4.98 Å². The normalized spacial score (nSPS) is 17.7. The molecule has 0 aromatic carbocycles. The maximum Gasteiger partial charge on any atom is 0.311 e. The number of anilines is 1. The monoisotopic (exact) mass is 237 g/mol. The van der Waals surface area contributed by atoms with E-state index in [1.54, 1.807) is 17.9 Å². The predicted molar refractivity (Wildman–Crippen MR) is 63.1 cm³/mol. The summed E-state index contributed by atoms with van der Waals surface area (Å²) in [5.74, 6) is 0.355. The van der Waals surface area contributed by atoms with Crippen molar-refractivity contribution in [2.45, 2.75) is 25.9 Å². The lowest BCUT2D eigenvalue weighted by molar-refractivity contribution is -0.384. The first-order chi connectivity index (χ1) is 7.95. The van der Waals surface area contributed by atoms with E-state index in [4.69, 9.17) is 0 Å². The molecule has 0 unspecified atom stereocenters. The molecule has 2 heterocycles. The highest BCUT2D eigenvalue weighted by Gasteiger charge is 2.42.